The van der Waals surface area contributed by atoms with Gasteiger partial charge in [-0.25, -0.2) is 4.79 Å². The molecule has 33 heavy (non-hydrogen) atoms. The molecule has 0 atom stereocenters. The monoisotopic (exact) mass is 446 g/mol. The van der Waals surface area contributed by atoms with Gasteiger partial charge in [-0.2, -0.15) is 0 Å². The van der Waals surface area contributed by atoms with E-state index in [-0.39, 0.29) is 6.42 Å². The number of alkyl carbamates (subject to hydrolysis) is 1. The lowest BCUT2D eigenvalue weighted by Crippen LogP contribution is -2.32. The van der Waals surface area contributed by atoms with Crippen LogP contribution >= 0.6 is 0 Å². The van der Waals surface area contributed by atoms with Crippen LogP contribution in [0.15, 0.2) is 72.8 Å². The van der Waals surface area contributed by atoms with E-state index in [0.29, 0.717) is 13.1 Å². The average molecular weight is 447 g/mol. The van der Waals surface area contributed by atoms with Gasteiger partial charge >= 0.3 is 12.1 Å². The van der Waals surface area contributed by atoms with Crippen molar-refractivity contribution in [3.63, 3.8) is 0 Å². The maximum atomic E-state index is 11.9. The molecular formula is C27H30N2O4. The Hall–Kier alpha value is -3.80. The predicted octanol–water partition coefficient (Wildman–Crippen LogP) is 5.62. The van der Waals surface area contributed by atoms with Crippen LogP contribution in [0.1, 0.15) is 37.5 Å². The number of carboxylic acids is 1. The average Bonchev–Trinajstić information content (AvgIpc) is 2.76. The Balaban J connectivity index is 1.67. The molecule has 3 N–H and O–H groups in total. The Morgan fingerprint density at radius 3 is 2.21 bits per heavy atom. The van der Waals surface area contributed by atoms with Gasteiger partial charge in [0.05, 0.1) is 6.42 Å². The highest BCUT2D eigenvalue weighted by Gasteiger charge is 2.15. The quantitative estimate of drug-likeness (QED) is 0.418. The molecule has 6 heteroatoms. The molecule has 0 unspecified atom stereocenters. The first-order chi connectivity index (χ1) is 15.7. The van der Waals surface area contributed by atoms with Crippen LogP contribution in [0.2, 0.25) is 0 Å². The van der Waals surface area contributed by atoms with Crippen molar-refractivity contribution in [2.45, 2.75) is 45.9 Å². The molecule has 0 radical (unpaired) electrons. The van der Waals surface area contributed by atoms with Crippen molar-refractivity contribution in [1.82, 2.24) is 5.32 Å². The van der Waals surface area contributed by atoms with Gasteiger partial charge in [0.1, 0.15) is 5.60 Å². The zero-order chi connectivity index (χ0) is 23.8. The number of carbonyl (C=O) groups excluding carboxylic acids is 1. The second-order valence-corrected chi connectivity index (χ2v) is 8.83. The Labute approximate surface area is 194 Å². The molecule has 0 bridgehead atoms. The first kappa shape index (κ1) is 23.9. The number of ether oxygens (including phenoxy) is 1. The summed E-state index contributed by atoms with van der Waals surface area (Å²) in [6.45, 7) is 6.41. The number of carboxylic acid groups (broad SMARTS) is 1. The standard InChI is InChI=1S/C27H30N2O4/c1-27(2,3)33-26(32)29-17-19-8-6-11-20(14-19)21-12-7-13-24(15-21)28-18-23-10-5-4-9-22(23)16-25(30)31/h4-15,28H,16-18H2,1-3H3,(H,29,32)(H,30,31). The highest BCUT2D eigenvalue weighted by Crippen LogP contribution is 2.24. The summed E-state index contributed by atoms with van der Waals surface area (Å²) >= 11 is 0. The first-order valence-electron chi connectivity index (χ1n) is 10.9. The van der Waals surface area contributed by atoms with Crippen LogP contribution in [0, 0.1) is 0 Å². The maximum Gasteiger partial charge on any atom is 0.407 e. The number of carbonyl (C=O) groups is 2. The molecule has 172 valence electrons. The minimum Gasteiger partial charge on any atom is -0.481 e. The van der Waals surface area contributed by atoms with Crippen LogP contribution in [0.3, 0.4) is 0 Å². The van der Waals surface area contributed by atoms with Gasteiger partial charge in [0.2, 0.25) is 0 Å². The van der Waals surface area contributed by atoms with E-state index >= 15 is 0 Å². The van der Waals surface area contributed by atoms with Crippen LogP contribution in [-0.2, 0) is 29.0 Å². The number of rotatable bonds is 8. The molecule has 0 aliphatic carbocycles. The van der Waals surface area contributed by atoms with Crippen LogP contribution in [0.5, 0.6) is 0 Å². The molecule has 0 heterocycles. The van der Waals surface area contributed by atoms with Crippen molar-refractivity contribution >= 4 is 17.7 Å². The van der Waals surface area contributed by atoms with Crippen molar-refractivity contribution in [2.75, 3.05) is 5.32 Å². The summed E-state index contributed by atoms with van der Waals surface area (Å²) in [4.78, 5) is 23.0. The summed E-state index contributed by atoms with van der Waals surface area (Å²) in [7, 11) is 0. The molecule has 1 amide bonds. The molecule has 0 saturated carbocycles. The Morgan fingerprint density at radius 2 is 1.52 bits per heavy atom. The summed E-state index contributed by atoms with van der Waals surface area (Å²) in [5.41, 5.74) is 5.22. The van der Waals surface area contributed by atoms with Crippen molar-refractivity contribution in [2.24, 2.45) is 0 Å². The van der Waals surface area contributed by atoms with Gasteiger partial charge in [0.25, 0.3) is 0 Å². The number of benzene rings is 3. The summed E-state index contributed by atoms with van der Waals surface area (Å²) in [5.74, 6) is -0.842. The van der Waals surface area contributed by atoms with Crippen molar-refractivity contribution < 1.29 is 19.4 Å². The fraction of sp³-hybridized carbons (Fsp3) is 0.259. The summed E-state index contributed by atoms with van der Waals surface area (Å²) in [6.07, 6.45) is -0.440. The fourth-order valence-corrected chi connectivity index (χ4v) is 3.42. The first-order valence-corrected chi connectivity index (χ1v) is 10.9. The Bertz CT molecular complexity index is 1120. The van der Waals surface area contributed by atoms with Gasteiger partial charge in [-0.05, 0) is 66.8 Å². The minimum absolute atomic E-state index is 0.00200. The number of hydrogen-bond donors (Lipinski definition) is 3. The van der Waals surface area contributed by atoms with Crippen molar-refractivity contribution in [3.8, 4) is 11.1 Å². The van der Waals surface area contributed by atoms with Crippen LogP contribution in [0.4, 0.5) is 10.5 Å². The molecule has 0 aromatic heterocycles. The van der Waals surface area contributed by atoms with E-state index in [2.05, 4.69) is 16.7 Å². The van der Waals surface area contributed by atoms with Crippen LogP contribution < -0.4 is 10.6 Å². The van der Waals surface area contributed by atoms with Crippen LogP contribution in [-0.4, -0.2) is 22.8 Å². The van der Waals surface area contributed by atoms with Gasteiger partial charge in [0, 0.05) is 18.8 Å². The molecule has 0 aliphatic rings. The van der Waals surface area contributed by atoms with Gasteiger partial charge in [-0.3, -0.25) is 4.79 Å². The lowest BCUT2D eigenvalue weighted by atomic mass is 10.0. The number of aliphatic carboxylic acids is 1. The second-order valence-electron chi connectivity index (χ2n) is 8.83. The fourth-order valence-electron chi connectivity index (χ4n) is 3.42. The van der Waals surface area contributed by atoms with E-state index in [0.717, 1.165) is 33.5 Å². The lowest BCUT2D eigenvalue weighted by molar-refractivity contribution is -0.136. The van der Waals surface area contributed by atoms with Crippen LogP contribution in [0.25, 0.3) is 11.1 Å². The third-order valence-electron chi connectivity index (χ3n) is 4.90. The third kappa shape index (κ3) is 7.68. The highest BCUT2D eigenvalue weighted by molar-refractivity contribution is 5.71. The minimum atomic E-state index is -0.842. The van der Waals surface area contributed by atoms with Gasteiger partial charge in [-0.1, -0.05) is 54.6 Å². The molecule has 0 spiro atoms. The van der Waals surface area contributed by atoms with E-state index in [1.165, 1.54) is 0 Å². The SMILES string of the molecule is CC(C)(C)OC(=O)NCc1cccc(-c2cccc(NCc3ccccc3CC(=O)O)c2)c1. The maximum absolute atomic E-state index is 11.9. The van der Waals surface area contributed by atoms with Crippen molar-refractivity contribution in [1.29, 1.82) is 0 Å². The number of amides is 1. The summed E-state index contributed by atoms with van der Waals surface area (Å²) in [5, 5.41) is 15.3. The summed E-state index contributed by atoms with van der Waals surface area (Å²) < 4.78 is 5.29. The molecule has 6 nitrogen and oxygen atoms in total. The highest BCUT2D eigenvalue weighted by atomic mass is 16.6. The van der Waals surface area contributed by atoms with E-state index in [4.69, 9.17) is 9.84 Å². The topological polar surface area (TPSA) is 87.7 Å². The smallest absolute Gasteiger partial charge is 0.407 e. The normalized spacial score (nSPS) is 11.0. The zero-order valence-electron chi connectivity index (χ0n) is 19.2. The van der Waals surface area contributed by atoms with E-state index in [9.17, 15) is 9.59 Å². The van der Waals surface area contributed by atoms with Crippen molar-refractivity contribution in [3.05, 3.63) is 89.5 Å². The van der Waals surface area contributed by atoms with E-state index in [1.807, 2.05) is 87.5 Å². The predicted molar refractivity (Wildman–Crippen MR) is 130 cm³/mol. The molecule has 0 fully saturated rings. The molecule has 3 aromatic rings. The summed E-state index contributed by atoms with van der Waals surface area (Å²) in [6, 6.07) is 23.6. The molecular weight excluding hydrogens is 416 g/mol. The Morgan fingerprint density at radius 1 is 0.848 bits per heavy atom. The molecule has 3 aromatic carbocycles. The van der Waals surface area contributed by atoms with Gasteiger partial charge in [0.15, 0.2) is 0 Å². The molecule has 3 rings (SSSR count). The zero-order valence-corrected chi connectivity index (χ0v) is 19.2. The van der Waals surface area contributed by atoms with E-state index < -0.39 is 17.7 Å². The lowest BCUT2D eigenvalue weighted by Gasteiger charge is -2.19. The van der Waals surface area contributed by atoms with Gasteiger partial charge in [-0.15, -0.1) is 0 Å². The number of anilines is 1. The number of nitrogens with one attached hydrogen (secondary N) is 2. The van der Waals surface area contributed by atoms with Gasteiger partial charge < -0.3 is 20.5 Å². The largest absolute Gasteiger partial charge is 0.481 e. The second kappa shape index (κ2) is 10.7. The third-order valence-corrected chi connectivity index (χ3v) is 4.90. The number of hydrogen-bond acceptors (Lipinski definition) is 4. The van der Waals surface area contributed by atoms with E-state index in [1.54, 1.807) is 0 Å². The molecule has 0 aliphatic heterocycles. The Kier molecular flexibility index (Phi) is 7.72. The molecule has 0 saturated heterocycles.